The smallest absolute Gasteiger partial charge is 0.265 e. The molecule has 36 heavy (non-hydrogen) atoms. The number of sulfonamides is 1. The third-order valence-corrected chi connectivity index (χ3v) is 7.23. The maximum Gasteiger partial charge on any atom is 0.265 e. The van der Waals surface area contributed by atoms with Crippen LogP contribution in [0.5, 0.6) is 17.2 Å². The first-order valence-corrected chi connectivity index (χ1v) is 12.6. The molecule has 0 aliphatic rings. The largest absolute Gasteiger partial charge is 0.497 e. The number of aryl methyl sites for hydroxylation is 1. The van der Waals surface area contributed by atoms with Crippen molar-refractivity contribution >= 4 is 21.6 Å². The predicted molar refractivity (Wildman–Crippen MR) is 135 cm³/mol. The van der Waals surface area contributed by atoms with Gasteiger partial charge in [0, 0.05) is 12.6 Å². The van der Waals surface area contributed by atoms with Gasteiger partial charge in [0.25, 0.3) is 10.0 Å². The van der Waals surface area contributed by atoms with Gasteiger partial charge in [-0.15, -0.1) is 0 Å². The number of carbonyl (C=O) groups excluding carboxylic acids is 1. The highest BCUT2D eigenvalue weighted by atomic mass is 32.2. The number of amides is 1. The summed E-state index contributed by atoms with van der Waals surface area (Å²) in [5.74, 6) is -0.0413. The summed E-state index contributed by atoms with van der Waals surface area (Å²) in [5, 5.41) is 2.72. The maximum atomic E-state index is 14.7. The Labute approximate surface area is 210 Å². The zero-order valence-corrected chi connectivity index (χ0v) is 21.2. The zero-order chi connectivity index (χ0) is 26.1. The van der Waals surface area contributed by atoms with E-state index in [2.05, 4.69) is 5.32 Å². The van der Waals surface area contributed by atoms with E-state index in [0.29, 0.717) is 25.1 Å². The normalized spacial score (nSPS) is 11.0. The first kappa shape index (κ1) is 26.8. The monoisotopic (exact) mass is 516 g/mol. The number of carbonyl (C=O) groups is 1. The third kappa shape index (κ3) is 6.45. The first-order valence-electron chi connectivity index (χ1n) is 11.2. The molecule has 0 aliphatic carbocycles. The lowest BCUT2D eigenvalue weighted by atomic mass is 10.1. The van der Waals surface area contributed by atoms with E-state index in [4.69, 9.17) is 14.2 Å². The molecular formula is C26H29FN2O6S. The highest BCUT2D eigenvalue weighted by molar-refractivity contribution is 7.92. The van der Waals surface area contributed by atoms with Crippen LogP contribution in [-0.2, 0) is 21.2 Å². The minimum Gasteiger partial charge on any atom is -0.497 e. The summed E-state index contributed by atoms with van der Waals surface area (Å²) in [6.45, 7) is -0.271. The molecule has 0 saturated carbocycles. The van der Waals surface area contributed by atoms with E-state index in [9.17, 15) is 17.6 Å². The minimum absolute atomic E-state index is 0.171. The van der Waals surface area contributed by atoms with Gasteiger partial charge < -0.3 is 19.5 Å². The Morgan fingerprint density at radius 2 is 1.61 bits per heavy atom. The van der Waals surface area contributed by atoms with Gasteiger partial charge in [0.1, 0.15) is 18.1 Å². The van der Waals surface area contributed by atoms with E-state index in [-0.39, 0.29) is 16.3 Å². The van der Waals surface area contributed by atoms with E-state index in [0.717, 1.165) is 21.7 Å². The standard InChI is InChI=1S/C26H29FN2O6S/c1-33-20-12-10-19(11-13-20)7-6-16-28-26(30)18-29(23-9-5-4-8-22(23)27)36(31,32)21-14-15-24(34-2)25(17-21)35-3/h4-5,8-15,17H,6-7,16,18H2,1-3H3,(H,28,30). The molecule has 0 fully saturated rings. The lowest BCUT2D eigenvalue weighted by molar-refractivity contribution is -0.119. The van der Waals surface area contributed by atoms with Crippen molar-refractivity contribution in [3.8, 4) is 17.2 Å². The Balaban J connectivity index is 1.75. The molecular weight excluding hydrogens is 487 g/mol. The summed E-state index contributed by atoms with van der Waals surface area (Å²) in [4.78, 5) is 12.6. The van der Waals surface area contributed by atoms with E-state index in [1.807, 2.05) is 24.3 Å². The second kappa shape index (κ2) is 12.3. The molecule has 3 aromatic carbocycles. The molecule has 0 atom stereocenters. The summed E-state index contributed by atoms with van der Waals surface area (Å²) >= 11 is 0. The van der Waals surface area contributed by atoms with Crippen molar-refractivity contribution in [2.45, 2.75) is 17.7 Å². The van der Waals surface area contributed by atoms with E-state index >= 15 is 0 Å². The van der Waals surface area contributed by atoms with Crippen molar-refractivity contribution in [2.24, 2.45) is 0 Å². The highest BCUT2D eigenvalue weighted by Crippen LogP contribution is 2.32. The number of benzene rings is 3. The predicted octanol–water partition coefficient (Wildman–Crippen LogP) is 3.80. The second-order valence-corrected chi connectivity index (χ2v) is 9.64. The average Bonchev–Trinajstić information content (AvgIpc) is 2.90. The van der Waals surface area contributed by atoms with Gasteiger partial charge in [-0.25, -0.2) is 12.8 Å². The number of para-hydroxylation sites is 1. The van der Waals surface area contributed by atoms with Gasteiger partial charge in [0.2, 0.25) is 5.91 Å². The van der Waals surface area contributed by atoms with E-state index in [1.165, 1.54) is 50.6 Å². The number of nitrogens with zero attached hydrogens (tertiary/aromatic N) is 1. The molecule has 8 nitrogen and oxygen atoms in total. The van der Waals surface area contributed by atoms with Crippen LogP contribution in [0.1, 0.15) is 12.0 Å². The second-order valence-electron chi connectivity index (χ2n) is 7.78. The molecule has 0 unspecified atom stereocenters. The first-order chi connectivity index (χ1) is 17.3. The quantitative estimate of drug-likeness (QED) is 0.368. The molecule has 10 heteroatoms. The van der Waals surface area contributed by atoms with Gasteiger partial charge in [-0.05, 0) is 54.8 Å². The van der Waals surface area contributed by atoms with Crippen LogP contribution in [-0.4, -0.2) is 48.7 Å². The van der Waals surface area contributed by atoms with Gasteiger partial charge in [0.05, 0.1) is 31.9 Å². The van der Waals surface area contributed by atoms with Crippen LogP contribution in [0.15, 0.2) is 71.6 Å². The topological polar surface area (TPSA) is 94.2 Å². The van der Waals surface area contributed by atoms with Crippen molar-refractivity contribution in [1.29, 1.82) is 0 Å². The summed E-state index contributed by atoms with van der Waals surface area (Å²) in [6.07, 6.45) is 1.35. The minimum atomic E-state index is -4.32. The van der Waals surface area contributed by atoms with E-state index in [1.54, 1.807) is 7.11 Å². The molecule has 1 amide bonds. The number of hydrogen-bond donors (Lipinski definition) is 1. The van der Waals surface area contributed by atoms with Crippen LogP contribution in [0.25, 0.3) is 0 Å². The van der Waals surface area contributed by atoms with E-state index < -0.39 is 28.3 Å². The number of rotatable bonds is 12. The number of anilines is 1. The molecule has 0 spiro atoms. The van der Waals surface area contributed by atoms with Crippen LogP contribution in [0, 0.1) is 5.82 Å². The average molecular weight is 517 g/mol. The lowest BCUT2D eigenvalue weighted by Crippen LogP contribution is -2.41. The fourth-order valence-electron chi connectivity index (χ4n) is 3.56. The molecule has 1 N–H and O–H groups in total. The number of halogens is 1. The Bertz CT molecular complexity index is 1280. The Morgan fingerprint density at radius 1 is 0.917 bits per heavy atom. The van der Waals surface area contributed by atoms with Crippen LogP contribution >= 0.6 is 0 Å². The highest BCUT2D eigenvalue weighted by Gasteiger charge is 2.30. The molecule has 3 aromatic rings. The summed E-state index contributed by atoms with van der Waals surface area (Å²) < 4.78 is 58.0. The summed E-state index contributed by atoms with van der Waals surface area (Å²) in [7, 11) is 0.0778. The molecule has 0 bridgehead atoms. The van der Waals surface area contributed by atoms with Crippen molar-refractivity contribution in [2.75, 3.05) is 38.7 Å². The molecule has 0 aromatic heterocycles. The van der Waals surface area contributed by atoms with Crippen LogP contribution in [0.4, 0.5) is 10.1 Å². The number of nitrogens with one attached hydrogen (secondary N) is 1. The van der Waals surface area contributed by atoms with Gasteiger partial charge in [-0.1, -0.05) is 24.3 Å². The van der Waals surface area contributed by atoms with Crippen LogP contribution < -0.4 is 23.8 Å². The molecule has 0 saturated heterocycles. The summed E-state index contributed by atoms with van der Waals surface area (Å²) in [6, 6.07) is 17.0. The molecule has 0 heterocycles. The van der Waals surface area contributed by atoms with Gasteiger partial charge in [0.15, 0.2) is 11.5 Å². The molecule has 0 aliphatic heterocycles. The van der Waals surface area contributed by atoms with Crippen molar-refractivity contribution in [3.05, 3.63) is 78.1 Å². The molecule has 3 rings (SSSR count). The maximum absolute atomic E-state index is 14.7. The van der Waals surface area contributed by atoms with Crippen molar-refractivity contribution in [3.63, 3.8) is 0 Å². The van der Waals surface area contributed by atoms with Crippen LogP contribution in [0.3, 0.4) is 0 Å². The lowest BCUT2D eigenvalue weighted by Gasteiger charge is -2.25. The number of methoxy groups -OCH3 is 3. The third-order valence-electron chi connectivity index (χ3n) is 5.47. The Kier molecular flexibility index (Phi) is 9.13. The molecule has 0 radical (unpaired) electrons. The zero-order valence-electron chi connectivity index (χ0n) is 20.4. The van der Waals surface area contributed by atoms with Gasteiger partial charge in [-0.3, -0.25) is 9.10 Å². The Hall–Kier alpha value is -3.79. The molecule has 192 valence electrons. The van der Waals surface area contributed by atoms with Crippen LogP contribution in [0.2, 0.25) is 0 Å². The van der Waals surface area contributed by atoms with Crippen molar-refractivity contribution in [1.82, 2.24) is 5.32 Å². The number of ether oxygens (including phenoxy) is 3. The fourth-order valence-corrected chi connectivity index (χ4v) is 5.00. The number of hydrogen-bond acceptors (Lipinski definition) is 6. The SMILES string of the molecule is COc1ccc(CCCNC(=O)CN(c2ccccc2F)S(=O)(=O)c2ccc(OC)c(OC)c2)cc1. The Morgan fingerprint density at radius 3 is 2.25 bits per heavy atom. The summed E-state index contributed by atoms with van der Waals surface area (Å²) in [5.41, 5.74) is 0.842. The van der Waals surface area contributed by atoms with Gasteiger partial charge >= 0.3 is 0 Å². The fraction of sp³-hybridized carbons (Fsp3) is 0.269. The van der Waals surface area contributed by atoms with Gasteiger partial charge in [-0.2, -0.15) is 0 Å². The van der Waals surface area contributed by atoms with Crippen molar-refractivity contribution < 1.29 is 31.8 Å².